The van der Waals surface area contributed by atoms with E-state index in [4.69, 9.17) is 21.1 Å². The fraction of sp³-hybridized carbons (Fsp3) is 0.500. The number of rotatable bonds is 6. The molecule has 0 aliphatic carbocycles. The van der Waals surface area contributed by atoms with E-state index in [1.165, 1.54) is 0 Å². The van der Waals surface area contributed by atoms with Crippen molar-refractivity contribution in [3.05, 3.63) is 28.8 Å². The van der Waals surface area contributed by atoms with E-state index < -0.39 is 0 Å². The quantitative estimate of drug-likeness (QED) is 0.836. The molecule has 1 atom stereocenters. The Hall–Kier alpha value is -0.770. The number of hydrogen-bond donors (Lipinski definition) is 1. The number of halogens is 1. The van der Waals surface area contributed by atoms with Crippen LogP contribution >= 0.6 is 11.6 Å². The van der Waals surface area contributed by atoms with Crippen molar-refractivity contribution in [2.24, 2.45) is 0 Å². The molecule has 90 valence electrons. The molecule has 0 heterocycles. The maximum atomic E-state index is 9.27. The minimum atomic E-state index is -0.384. The van der Waals surface area contributed by atoms with Crippen molar-refractivity contribution < 1.29 is 14.6 Å². The Kier molecular flexibility index (Phi) is 5.60. The predicted molar refractivity (Wildman–Crippen MR) is 64.1 cm³/mol. The lowest BCUT2D eigenvalue weighted by Crippen LogP contribution is -2.11. The van der Waals surface area contributed by atoms with Crippen molar-refractivity contribution >= 4 is 11.6 Å². The maximum absolute atomic E-state index is 9.27. The minimum absolute atomic E-state index is 0.0890. The van der Waals surface area contributed by atoms with E-state index in [2.05, 4.69) is 0 Å². The van der Waals surface area contributed by atoms with Gasteiger partial charge >= 0.3 is 0 Å². The normalized spacial score (nSPS) is 12.5. The molecule has 1 unspecified atom stereocenters. The Morgan fingerprint density at radius 3 is 2.62 bits per heavy atom. The van der Waals surface area contributed by atoms with E-state index >= 15 is 0 Å². The monoisotopic (exact) mass is 244 g/mol. The van der Waals surface area contributed by atoms with Crippen LogP contribution in [0.15, 0.2) is 18.2 Å². The van der Waals surface area contributed by atoms with E-state index in [9.17, 15) is 5.11 Å². The SMILES string of the molecule is CCOc1ccc(Cl)cc1C(CO)OCC. The molecule has 0 aliphatic rings. The third-order valence-electron chi connectivity index (χ3n) is 2.15. The molecular formula is C12H17ClO3. The van der Waals surface area contributed by atoms with Crippen molar-refractivity contribution in [2.45, 2.75) is 20.0 Å². The minimum Gasteiger partial charge on any atom is -0.493 e. The van der Waals surface area contributed by atoms with Crippen LogP contribution in [0.5, 0.6) is 5.75 Å². The number of hydrogen-bond acceptors (Lipinski definition) is 3. The highest BCUT2D eigenvalue weighted by Crippen LogP contribution is 2.30. The first-order valence-electron chi connectivity index (χ1n) is 5.37. The molecule has 3 nitrogen and oxygen atoms in total. The van der Waals surface area contributed by atoms with Gasteiger partial charge in [-0.3, -0.25) is 0 Å². The van der Waals surface area contributed by atoms with Crippen LogP contribution in [0.1, 0.15) is 25.5 Å². The molecule has 0 saturated heterocycles. The number of aliphatic hydroxyl groups excluding tert-OH is 1. The van der Waals surface area contributed by atoms with Gasteiger partial charge in [-0.15, -0.1) is 0 Å². The first-order valence-corrected chi connectivity index (χ1v) is 5.75. The summed E-state index contributed by atoms with van der Waals surface area (Å²) in [6, 6.07) is 5.32. The highest BCUT2D eigenvalue weighted by atomic mass is 35.5. The van der Waals surface area contributed by atoms with E-state index in [0.29, 0.717) is 24.0 Å². The van der Waals surface area contributed by atoms with Crippen LogP contribution in [0, 0.1) is 0 Å². The summed E-state index contributed by atoms with van der Waals surface area (Å²) in [6.45, 7) is 4.80. The average Bonchev–Trinajstić information content (AvgIpc) is 2.29. The molecule has 0 bridgehead atoms. The van der Waals surface area contributed by atoms with Gasteiger partial charge in [0.15, 0.2) is 0 Å². The van der Waals surface area contributed by atoms with E-state index in [-0.39, 0.29) is 12.7 Å². The molecule has 4 heteroatoms. The molecule has 0 aromatic heterocycles. The topological polar surface area (TPSA) is 38.7 Å². The lowest BCUT2D eigenvalue weighted by molar-refractivity contribution is 0.0173. The molecule has 0 saturated carbocycles. The molecule has 1 aromatic rings. The van der Waals surface area contributed by atoms with Gasteiger partial charge in [-0.2, -0.15) is 0 Å². The largest absolute Gasteiger partial charge is 0.493 e. The standard InChI is InChI=1S/C12H17ClO3/c1-3-15-11-6-5-9(13)7-10(11)12(8-14)16-4-2/h5-7,12,14H,3-4,8H2,1-2H3. The highest BCUT2D eigenvalue weighted by Gasteiger charge is 2.16. The third-order valence-corrected chi connectivity index (χ3v) is 2.39. The molecule has 0 radical (unpaired) electrons. The summed E-state index contributed by atoms with van der Waals surface area (Å²) < 4.78 is 10.9. The smallest absolute Gasteiger partial charge is 0.125 e. The van der Waals surface area contributed by atoms with E-state index in [0.717, 1.165) is 5.56 Å². The summed E-state index contributed by atoms with van der Waals surface area (Å²) in [5.41, 5.74) is 0.790. The zero-order valence-corrected chi connectivity index (χ0v) is 10.3. The Morgan fingerprint density at radius 2 is 2.06 bits per heavy atom. The van der Waals surface area contributed by atoms with Crippen LogP contribution in [0.4, 0.5) is 0 Å². The molecule has 0 spiro atoms. The first kappa shape index (κ1) is 13.3. The van der Waals surface area contributed by atoms with E-state index in [1.807, 2.05) is 13.8 Å². The Morgan fingerprint density at radius 1 is 1.31 bits per heavy atom. The second-order valence-electron chi connectivity index (χ2n) is 3.24. The number of aliphatic hydroxyl groups is 1. The van der Waals surface area contributed by atoms with Crippen molar-refractivity contribution in [3.8, 4) is 5.75 Å². The molecular weight excluding hydrogens is 228 g/mol. The molecule has 1 N–H and O–H groups in total. The summed E-state index contributed by atoms with van der Waals surface area (Å²) in [7, 11) is 0. The van der Waals surface area contributed by atoms with Gasteiger partial charge in [0.25, 0.3) is 0 Å². The lowest BCUT2D eigenvalue weighted by Gasteiger charge is -2.18. The predicted octanol–water partition coefficient (Wildman–Crippen LogP) is 2.81. The van der Waals surface area contributed by atoms with Crippen LogP contribution in [-0.2, 0) is 4.74 Å². The second-order valence-corrected chi connectivity index (χ2v) is 3.68. The Bertz CT molecular complexity index is 328. The van der Waals surface area contributed by atoms with Gasteiger partial charge in [0.2, 0.25) is 0 Å². The van der Waals surface area contributed by atoms with Crippen LogP contribution in [0.2, 0.25) is 5.02 Å². The fourth-order valence-corrected chi connectivity index (χ4v) is 1.68. The highest BCUT2D eigenvalue weighted by molar-refractivity contribution is 6.30. The van der Waals surface area contributed by atoms with Crippen LogP contribution in [-0.4, -0.2) is 24.9 Å². The molecule has 1 rings (SSSR count). The maximum Gasteiger partial charge on any atom is 0.125 e. The van der Waals surface area contributed by atoms with Gasteiger partial charge in [-0.1, -0.05) is 11.6 Å². The third kappa shape index (κ3) is 3.37. The summed E-state index contributed by atoms with van der Waals surface area (Å²) >= 11 is 5.93. The van der Waals surface area contributed by atoms with Gasteiger partial charge in [0.05, 0.1) is 13.2 Å². The first-order chi connectivity index (χ1) is 7.72. The number of ether oxygens (including phenoxy) is 2. The van der Waals surface area contributed by atoms with Crippen LogP contribution in [0.3, 0.4) is 0 Å². The summed E-state index contributed by atoms with van der Waals surface area (Å²) in [4.78, 5) is 0. The van der Waals surface area contributed by atoms with Gasteiger partial charge < -0.3 is 14.6 Å². The van der Waals surface area contributed by atoms with Crippen LogP contribution in [0.25, 0.3) is 0 Å². The average molecular weight is 245 g/mol. The van der Waals surface area contributed by atoms with Gasteiger partial charge in [-0.25, -0.2) is 0 Å². The van der Waals surface area contributed by atoms with Crippen molar-refractivity contribution in [1.82, 2.24) is 0 Å². The molecule has 1 aromatic carbocycles. The van der Waals surface area contributed by atoms with Crippen molar-refractivity contribution in [1.29, 1.82) is 0 Å². The molecule has 16 heavy (non-hydrogen) atoms. The second kappa shape index (κ2) is 6.74. The summed E-state index contributed by atoms with van der Waals surface area (Å²) in [5, 5.41) is 9.88. The lowest BCUT2D eigenvalue weighted by atomic mass is 10.1. The van der Waals surface area contributed by atoms with Gasteiger partial charge in [-0.05, 0) is 32.0 Å². The van der Waals surface area contributed by atoms with Gasteiger partial charge in [0, 0.05) is 17.2 Å². The Labute approximate surface area is 101 Å². The van der Waals surface area contributed by atoms with E-state index in [1.54, 1.807) is 18.2 Å². The Balaban J connectivity index is 3.01. The summed E-state index contributed by atoms with van der Waals surface area (Å²) in [5.74, 6) is 0.708. The molecule has 0 aliphatic heterocycles. The zero-order chi connectivity index (χ0) is 12.0. The fourth-order valence-electron chi connectivity index (χ4n) is 1.50. The number of benzene rings is 1. The summed E-state index contributed by atoms with van der Waals surface area (Å²) in [6.07, 6.45) is -0.384. The van der Waals surface area contributed by atoms with Gasteiger partial charge in [0.1, 0.15) is 11.9 Å². The molecule has 0 fully saturated rings. The zero-order valence-electron chi connectivity index (χ0n) is 9.57. The van der Waals surface area contributed by atoms with Crippen molar-refractivity contribution in [2.75, 3.05) is 19.8 Å². The molecule has 0 amide bonds. The van der Waals surface area contributed by atoms with Crippen LogP contribution < -0.4 is 4.74 Å². The van der Waals surface area contributed by atoms with Crippen molar-refractivity contribution in [3.63, 3.8) is 0 Å².